The molecule has 0 aliphatic carbocycles. The molecule has 2 aliphatic rings. The molecule has 0 aromatic carbocycles. The minimum atomic E-state index is 0.167. The third-order valence-electron chi connectivity index (χ3n) is 3.71. The van der Waals surface area contributed by atoms with Crippen LogP contribution in [0.1, 0.15) is 39.5 Å². The second-order valence-electron chi connectivity index (χ2n) is 6.09. The molecule has 1 fully saturated rings. The van der Waals surface area contributed by atoms with Crippen molar-refractivity contribution in [3.05, 3.63) is 11.8 Å². The molecule has 98 valence electrons. The van der Waals surface area contributed by atoms with Crippen molar-refractivity contribution in [1.29, 1.82) is 0 Å². The van der Waals surface area contributed by atoms with Crippen LogP contribution >= 0.6 is 0 Å². The average molecular weight is 237 g/mol. The largest absolute Gasteiger partial charge is 0.385 e. The highest BCUT2D eigenvalue weighted by atomic mass is 15.1. The molecule has 2 heterocycles. The molecule has 2 N–H and O–H groups in total. The Hall–Kier alpha value is -0.540. The van der Waals surface area contributed by atoms with Gasteiger partial charge in [-0.2, -0.15) is 0 Å². The summed E-state index contributed by atoms with van der Waals surface area (Å²) >= 11 is 0. The summed E-state index contributed by atoms with van der Waals surface area (Å²) in [5.74, 6) is 0. The summed E-state index contributed by atoms with van der Waals surface area (Å²) in [4.78, 5) is 2.59. The van der Waals surface area contributed by atoms with Gasteiger partial charge in [-0.05, 0) is 70.9 Å². The van der Waals surface area contributed by atoms with Gasteiger partial charge in [0.05, 0.1) is 0 Å². The van der Waals surface area contributed by atoms with Crippen LogP contribution in [0, 0.1) is 0 Å². The van der Waals surface area contributed by atoms with Gasteiger partial charge in [0.1, 0.15) is 0 Å². The van der Waals surface area contributed by atoms with E-state index in [1.165, 1.54) is 45.3 Å². The lowest BCUT2D eigenvalue weighted by Crippen LogP contribution is -2.45. The second kappa shape index (κ2) is 5.87. The van der Waals surface area contributed by atoms with E-state index >= 15 is 0 Å². The summed E-state index contributed by atoms with van der Waals surface area (Å²) < 4.78 is 0. The van der Waals surface area contributed by atoms with Crippen molar-refractivity contribution in [2.45, 2.75) is 45.1 Å². The van der Waals surface area contributed by atoms with E-state index in [9.17, 15) is 0 Å². The zero-order valence-corrected chi connectivity index (χ0v) is 11.4. The minimum absolute atomic E-state index is 0.167. The first-order valence-corrected chi connectivity index (χ1v) is 7.04. The molecule has 3 nitrogen and oxygen atoms in total. The number of rotatable bonds is 2. The van der Waals surface area contributed by atoms with E-state index in [1.54, 1.807) is 5.57 Å². The van der Waals surface area contributed by atoms with Gasteiger partial charge >= 0.3 is 0 Å². The predicted molar refractivity (Wildman–Crippen MR) is 73.1 cm³/mol. The number of nitrogens with zero attached hydrogens (tertiary/aromatic N) is 1. The molecule has 0 atom stereocenters. The van der Waals surface area contributed by atoms with Crippen LogP contribution in [0.15, 0.2) is 11.8 Å². The molecule has 0 radical (unpaired) electrons. The Labute approximate surface area is 106 Å². The first-order chi connectivity index (χ1) is 8.16. The molecule has 17 heavy (non-hydrogen) atoms. The van der Waals surface area contributed by atoms with E-state index in [4.69, 9.17) is 0 Å². The van der Waals surface area contributed by atoms with Crippen LogP contribution in [-0.2, 0) is 0 Å². The summed E-state index contributed by atoms with van der Waals surface area (Å²) in [5, 5.41) is 7.10. The summed E-state index contributed by atoms with van der Waals surface area (Å²) in [6, 6.07) is 0. The van der Waals surface area contributed by atoms with Crippen LogP contribution in [0.5, 0.6) is 0 Å². The van der Waals surface area contributed by atoms with Gasteiger partial charge in [-0.1, -0.05) is 0 Å². The molecule has 1 saturated heterocycles. The Bertz CT molecular complexity index is 265. The summed E-state index contributed by atoms with van der Waals surface area (Å²) in [6.45, 7) is 10.5. The lowest BCUT2D eigenvalue weighted by atomic mass is 10.1. The molecule has 0 aromatic heterocycles. The fraction of sp³-hybridized carbons (Fsp3) is 0.857. The molecule has 0 bridgehead atoms. The van der Waals surface area contributed by atoms with Gasteiger partial charge < -0.3 is 10.6 Å². The van der Waals surface area contributed by atoms with E-state index in [0.717, 1.165) is 13.1 Å². The van der Waals surface area contributed by atoms with Crippen molar-refractivity contribution < 1.29 is 0 Å². The summed E-state index contributed by atoms with van der Waals surface area (Å²) in [6.07, 6.45) is 7.54. The first kappa shape index (κ1) is 12.9. The number of likely N-dealkylation sites (tertiary alicyclic amines) is 1. The Morgan fingerprint density at radius 2 is 2.00 bits per heavy atom. The molecule has 0 unspecified atom stereocenters. The van der Waals surface area contributed by atoms with Crippen molar-refractivity contribution in [3.63, 3.8) is 0 Å². The average Bonchev–Trinajstić information content (AvgIpc) is 2.78. The zero-order valence-electron chi connectivity index (χ0n) is 11.4. The third kappa shape index (κ3) is 4.32. The Balaban J connectivity index is 1.92. The first-order valence-electron chi connectivity index (χ1n) is 7.04. The van der Waals surface area contributed by atoms with Crippen LogP contribution in [-0.4, -0.2) is 43.2 Å². The fourth-order valence-corrected chi connectivity index (χ4v) is 2.61. The quantitative estimate of drug-likeness (QED) is 0.766. The fourth-order valence-electron chi connectivity index (χ4n) is 2.61. The zero-order chi connectivity index (χ0) is 12.1. The molecule has 0 spiro atoms. The van der Waals surface area contributed by atoms with Gasteiger partial charge in [-0.3, -0.25) is 4.90 Å². The van der Waals surface area contributed by atoms with Crippen molar-refractivity contribution in [3.8, 4) is 0 Å². The van der Waals surface area contributed by atoms with Crippen molar-refractivity contribution in [2.75, 3.05) is 32.7 Å². The van der Waals surface area contributed by atoms with Crippen molar-refractivity contribution >= 4 is 0 Å². The van der Waals surface area contributed by atoms with Gasteiger partial charge in [-0.15, -0.1) is 0 Å². The number of nitrogens with one attached hydrogen (secondary N) is 2. The van der Waals surface area contributed by atoms with Gasteiger partial charge in [0.15, 0.2) is 0 Å². The molecule has 3 heteroatoms. The van der Waals surface area contributed by atoms with Gasteiger partial charge in [0.2, 0.25) is 0 Å². The second-order valence-corrected chi connectivity index (χ2v) is 6.09. The smallest absolute Gasteiger partial charge is 0.0436 e. The highest BCUT2D eigenvalue weighted by Crippen LogP contribution is 2.14. The Morgan fingerprint density at radius 3 is 2.76 bits per heavy atom. The summed E-state index contributed by atoms with van der Waals surface area (Å²) in [7, 11) is 0. The minimum Gasteiger partial charge on any atom is -0.385 e. The Kier molecular flexibility index (Phi) is 4.46. The van der Waals surface area contributed by atoms with E-state index in [0.29, 0.717) is 0 Å². The topological polar surface area (TPSA) is 27.3 Å². The van der Waals surface area contributed by atoms with Crippen molar-refractivity contribution in [1.82, 2.24) is 15.5 Å². The molecular weight excluding hydrogens is 210 g/mol. The number of hydrogen-bond donors (Lipinski definition) is 2. The van der Waals surface area contributed by atoms with Crippen LogP contribution < -0.4 is 10.6 Å². The maximum atomic E-state index is 3.57. The number of hydrogen-bond acceptors (Lipinski definition) is 3. The highest BCUT2D eigenvalue weighted by Gasteiger charge is 2.18. The van der Waals surface area contributed by atoms with E-state index in [2.05, 4.69) is 35.6 Å². The SMILES string of the molecule is CC1(C)CNCCC/C(CN2CCCC2)=C\N1. The van der Waals surface area contributed by atoms with Crippen LogP contribution in [0.4, 0.5) is 0 Å². The molecule has 2 rings (SSSR count). The van der Waals surface area contributed by atoms with Crippen LogP contribution in [0.25, 0.3) is 0 Å². The van der Waals surface area contributed by atoms with E-state index in [1.807, 2.05) is 0 Å². The maximum absolute atomic E-state index is 3.57. The Morgan fingerprint density at radius 1 is 1.24 bits per heavy atom. The lowest BCUT2D eigenvalue weighted by Gasteiger charge is -2.26. The van der Waals surface area contributed by atoms with Crippen LogP contribution in [0.3, 0.4) is 0 Å². The van der Waals surface area contributed by atoms with Gasteiger partial charge in [0.25, 0.3) is 0 Å². The lowest BCUT2D eigenvalue weighted by molar-refractivity contribution is 0.362. The molecule has 2 aliphatic heterocycles. The van der Waals surface area contributed by atoms with Gasteiger partial charge in [-0.25, -0.2) is 0 Å². The normalized spacial score (nSPS) is 29.6. The molecule has 0 aromatic rings. The van der Waals surface area contributed by atoms with E-state index in [-0.39, 0.29) is 5.54 Å². The summed E-state index contributed by atoms with van der Waals surface area (Å²) in [5.41, 5.74) is 1.74. The molecule has 0 saturated carbocycles. The highest BCUT2D eigenvalue weighted by molar-refractivity contribution is 5.07. The monoisotopic (exact) mass is 237 g/mol. The molecule has 0 amide bonds. The third-order valence-corrected chi connectivity index (χ3v) is 3.71. The standard InChI is InChI=1S/C14H27N3/c1-14(2)12-15-7-5-6-13(10-16-14)11-17-8-3-4-9-17/h10,15-16H,3-9,11-12H2,1-2H3/b13-10+. The molecular formula is C14H27N3. The van der Waals surface area contributed by atoms with Gasteiger partial charge in [0, 0.05) is 18.6 Å². The van der Waals surface area contributed by atoms with Crippen LogP contribution in [0.2, 0.25) is 0 Å². The van der Waals surface area contributed by atoms with E-state index < -0.39 is 0 Å². The predicted octanol–water partition coefficient (Wildman–Crippen LogP) is 1.72. The van der Waals surface area contributed by atoms with Crippen molar-refractivity contribution in [2.24, 2.45) is 0 Å². The maximum Gasteiger partial charge on any atom is 0.0436 e.